The van der Waals surface area contributed by atoms with Crippen molar-refractivity contribution in [2.45, 2.75) is 12.1 Å². The number of halogens is 3. The molecule has 1 amide bonds. The Balaban J connectivity index is 0.000000235. The molecule has 0 aliphatic carbocycles. The number of rotatable bonds is 5. The van der Waals surface area contributed by atoms with Crippen LogP contribution in [0.3, 0.4) is 0 Å². The zero-order valence-electron chi connectivity index (χ0n) is 23.1. The summed E-state index contributed by atoms with van der Waals surface area (Å²) in [5.41, 5.74) is 9.76. The molecule has 0 radical (unpaired) electrons. The minimum absolute atomic E-state index is 0.185. The van der Waals surface area contributed by atoms with Crippen LogP contribution in [0.25, 0.3) is 11.1 Å². The van der Waals surface area contributed by atoms with Gasteiger partial charge in [0, 0.05) is 47.8 Å². The molecule has 3 heterocycles. The average molecular weight is 584 g/mol. The lowest BCUT2D eigenvalue weighted by Crippen LogP contribution is -2.25. The van der Waals surface area contributed by atoms with Gasteiger partial charge in [0.2, 0.25) is 5.91 Å². The lowest BCUT2D eigenvalue weighted by molar-refractivity contribution is -0.138. The summed E-state index contributed by atoms with van der Waals surface area (Å²) in [7, 11) is 1.18. The lowest BCUT2D eigenvalue weighted by Gasteiger charge is -2.21. The smallest absolute Gasteiger partial charge is 0.420 e. The number of ether oxygens (including phenoxy) is 1. The van der Waals surface area contributed by atoms with Crippen molar-refractivity contribution in [3.63, 3.8) is 0 Å². The Morgan fingerprint density at radius 2 is 1.63 bits per heavy atom. The van der Waals surface area contributed by atoms with Crippen molar-refractivity contribution in [1.29, 1.82) is 0 Å². The van der Waals surface area contributed by atoms with Crippen LogP contribution in [0.1, 0.15) is 17.0 Å². The summed E-state index contributed by atoms with van der Waals surface area (Å²) in [6, 6.07) is 26.4. The number of nitrogen functional groups attached to an aromatic ring is 1. The van der Waals surface area contributed by atoms with Gasteiger partial charge in [-0.1, -0.05) is 36.4 Å². The zero-order valence-corrected chi connectivity index (χ0v) is 23.1. The van der Waals surface area contributed by atoms with Crippen LogP contribution in [0.2, 0.25) is 0 Å². The van der Waals surface area contributed by atoms with E-state index in [4.69, 9.17) is 10.5 Å². The predicted molar refractivity (Wildman–Crippen MR) is 161 cm³/mol. The molecule has 1 atom stereocenters. The van der Waals surface area contributed by atoms with Gasteiger partial charge in [-0.3, -0.25) is 14.8 Å². The molecule has 1 unspecified atom stereocenters. The van der Waals surface area contributed by atoms with Gasteiger partial charge in [0.25, 0.3) is 0 Å². The molecule has 0 saturated carbocycles. The van der Waals surface area contributed by atoms with Crippen LogP contribution in [-0.4, -0.2) is 29.5 Å². The Bertz CT molecular complexity index is 1680. The number of hydrogen-bond acceptors (Lipinski definition) is 6. The Labute approximate surface area is 246 Å². The molecular weight excluding hydrogens is 555 g/mol. The van der Waals surface area contributed by atoms with Gasteiger partial charge in [-0.2, -0.15) is 13.2 Å². The molecule has 1 aliphatic heterocycles. The molecule has 218 valence electrons. The van der Waals surface area contributed by atoms with E-state index in [9.17, 15) is 18.0 Å². The Morgan fingerprint density at radius 1 is 0.907 bits per heavy atom. The highest BCUT2D eigenvalue weighted by atomic mass is 19.4. The fourth-order valence-electron chi connectivity index (χ4n) is 4.85. The molecule has 43 heavy (non-hydrogen) atoms. The van der Waals surface area contributed by atoms with Crippen molar-refractivity contribution in [2.24, 2.45) is 0 Å². The summed E-state index contributed by atoms with van der Waals surface area (Å²) in [4.78, 5) is 22.8. The maximum Gasteiger partial charge on any atom is 0.420 e. The normalized spacial score (nSPS) is 13.9. The molecule has 6 rings (SSSR count). The number of nitrogens with one attached hydrogen (secondary N) is 1. The number of fused-ring (bicyclic) bond motifs is 1. The van der Waals surface area contributed by atoms with E-state index in [0.29, 0.717) is 22.6 Å². The highest BCUT2D eigenvalue weighted by Gasteiger charge is 2.41. The van der Waals surface area contributed by atoms with Crippen LogP contribution in [0.5, 0.6) is 5.75 Å². The molecule has 0 fully saturated rings. The number of alkyl halides is 3. The predicted octanol–water partition coefficient (Wildman–Crippen LogP) is 7.31. The van der Waals surface area contributed by atoms with E-state index in [1.807, 2.05) is 48.7 Å². The van der Waals surface area contributed by atoms with Gasteiger partial charge in [0.1, 0.15) is 5.75 Å². The molecule has 2 aromatic heterocycles. The molecule has 5 aromatic rings. The van der Waals surface area contributed by atoms with Crippen molar-refractivity contribution in [3.8, 4) is 16.9 Å². The number of carbonyl (C=O) groups excluding carboxylic acids is 1. The van der Waals surface area contributed by atoms with Crippen LogP contribution in [-0.2, 0) is 11.0 Å². The SMILES string of the molecule is COc1cc2c(cc1C(F)(F)F)N(c1cccnc1)CC2C(=O)Nc1ccccc1.Nc1cccc(-c2cccnc2)c1. The van der Waals surface area contributed by atoms with Crippen molar-refractivity contribution in [1.82, 2.24) is 9.97 Å². The van der Waals surface area contributed by atoms with Gasteiger partial charge in [-0.15, -0.1) is 0 Å². The molecule has 3 N–H and O–H groups in total. The third kappa shape index (κ3) is 6.75. The molecule has 3 aromatic carbocycles. The van der Waals surface area contributed by atoms with Crippen LogP contribution in [0.4, 0.5) is 35.9 Å². The Morgan fingerprint density at radius 3 is 2.26 bits per heavy atom. The second-order valence-corrected chi connectivity index (χ2v) is 9.71. The number of benzene rings is 3. The van der Waals surface area contributed by atoms with Crippen LogP contribution in [0.15, 0.2) is 116 Å². The molecule has 10 heteroatoms. The summed E-state index contributed by atoms with van der Waals surface area (Å²) in [5.74, 6) is -1.31. The van der Waals surface area contributed by atoms with E-state index < -0.39 is 17.7 Å². The first kappa shape index (κ1) is 29.1. The average Bonchev–Trinajstić information content (AvgIpc) is 3.40. The van der Waals surface area contributed by atoms with Gasteiger partial charge >= 0.3 is 6.18 Å². The number of anilines is 4. The van der Waals surface area contributed by atoms with Crippen molar-refractivity contribution in [2.75, 3.05) is 29.6 Å². The van der Waals surface area contributed by atoms with E-state index in [2.05, 4.69) is 15.3 Å². The van der Waals surface area contributed by atoms with Crippen molar-refractivity contribution < 1.29 is 22.7 Å². The molecule has 0 saturated heterocycles. The first-order valence-electron chi connectivity index (χ1n) is 13.3. The number of hydrogen-bond donors (Lipinski definition) is 2. The lowest BCUT2D eigenvalue weighted by atomic mass is 9.98. The van der Waals surface area contributed by atoms with Gasteiger partial charge in [0.05, 0.1) is 30.5 Å². The van der Waals surface area contributed by atoms with Gasteiger partial charge in [-0.05, 0) is 65.7 Å². The maximum absolute atomic E-state index is 13.6. The molecule has 0 bridgehead atoms. The summed E-state index contributed by atoms with van der Waals surface area (Å²) in [6.45, 7) is 0.185. The number of amides is 1. The number of pyridine rings is 2. The number of aromatic nitrogens is 2. The second-order valence-electron chi connectivity index (χ2n) is 9.71. The number of nitrogens with two attached hydrogens (primary N) is 1. The summed E-state index contributed by atoms with van der Waals surface area (Å²) < 4.78 is 45.8. The van der Waals surface area contributed by atoms with E-state index in [0.717, 1.165) is 22.9 Å². The number of methoxy groups -OCH3 is 1. The second kappa shape index (κ2) is 12.6. The van der Waals surface area contributed by atoms with Gasteiger partial charge in [-0.25, -0.2) is 0 Å². The third-order valence-corrected chi connectivity index (χ3v) is 6.88. The zero-order chi connectivity index (χ0) is 30.4. The topological polar surface area (TPSA) is 93.4 Å². The number of para-hydroxylation sites is 1. The van der Waals surface area contributed by atoms with Gasteiger partial charge < -0.3 is 20.7 Å². The van der Waals surface area contributed by atoms with Crippen LogP contribution >= 0.6 is 0 Å². The fourth-order valence-corrected chi connectivity index (χ4v) is 4.85. The minimum Gasteiger partial charge on any atom is -0.496 e. The number of carbonyl (C=O) groups is 1. The molecule has 7 nitrogen and oxygen atoms in total. The standard InChI is InChI=1S/C22H18F3N3O2.C11H10N2/c1-30-20-10-16-17(21(29)27-14-6-3-2-4-7-14)13-28(15-8-5-9-26-12-15)19(16)11-18(20)22(23,24)25;12-11-5-1-3-9(7-11)10-4-2-6-13-8-10/h2-12,17H,13H2,1H3,(H,27,29);1-8H,12H2. The molecule has 1 aliphatic rings. The van der Waals surface area contributed by atoms with Crippen molar-refractivity contribution >= 4 is 28.7 Å². The van der Waals surface area contributed by atoms with Crippen LogP contribution in [0, 0.1) is 0 Å². The van der Waals surface area contributed by atoms with E-state index in [1.165, 1.54) is 13.2 Å². The van der Waals surface area contributed by atoms with Gasteiger partial charge in [0.15, 0.2) is 0 Å². The first-order valence-corrected chi connectivity index (χ1v) is 13.3. The summed E-state index contributed by atoms with van der Waals surface area (Å²) >= 11 is 0. The first-order chi connectivity index (χ1) is 20.7. The molecular formula is C33H28F3N5O2. The van der Waals surface area contributed by atoms with E-state index in [1.54, 1.807) is 59.9 Å². The Kier molecular flexibility index (Phi) is 8.56. The minimum atomic E-state index is -4.59. The van der Waals surface area contributed by atoms with E-state index in [-0.39, 0.29) is 18.2 Å². The Hall–Kier alpha value is -5.38. The monoisotopic (exact) mass is 583 g/mol. The highest BCUT2D eigenvalue weighted by Crippen LogP contribution is 2.47. The quantitative estimate of drug-likeness (QED) is 0.211. The summed E-state index contributed by atoms with van der Waals surface area (Å²) in [6.07, 6.45) is 2.13. The molecule has 0 spiro atoms. The highest BCUT2D eigenvalue weighted by molar-refractivity contribution is 5.99. The maximum atomic E-state index is 13.6. The van der Waals surface area contributed by atoms with Crippen molar-refractivity contribution in [3.05, 3.63) is 127 Å². The van der Waals surface area contributed by atoms with Crippen LogP contribution < -0.4 is 20.7 Å². The van der Waals surface area contributed by atoms with E-state index >= 15 is 0 Å². The fraction of sp³-hybridized carbons (Fsp3) is 0.121. The largest absolute Gasteiger partial charge is 0.496 e. The third-order valence-electron chi connectivity index (χ3n) is 6.88. The summed E-state index contributed by atoms with van der Waals surface area (Å²) in [5, 5.41) is 2.83. The number of nitrogens with zero attached hydrogens (tertiary/aromatic N) is 3.